The van der Waals surface area contributed by atoms with Gasteiger partial charge in [-0.15, -0.1) is 0 Å². The van der Waals surface area contributed by atoms with Gasteiger partial charge in [0.2, 0.25) is 23.6 Å². The van der Waals surface area contributed by atoms with Crippen molar-refractivity contribution < 1.29 is 29.1 Å². The van der Waals surface area contributed by atoms with Gasteiger partial charge in [0, 0.05) is 30.6 Å². The maximum atomic E-state index is 12.9. The maximum absolute atomic E-state index is 12.9. The van der Waals surface area contributed by atoms with Crippen LogP contribution in [-0.4, -0.2) is 86.0 Å². The maximum Gasteiger partial charge on any atom is 0.327 e. The number of carboxylic acid groups (broad SMARTS) is 1. The molecule has 1 aromatic heterocycles. The molecule has 0 saturated carbocycles. The van der Waals surface area contributed by atoms with E-state index in [1.165, 1.54) is 11.2 Å². The summed E-state index contributed by atoms with van der Waals surface area (Å²) in [6, 6.07) is -4.51. The zero-order chi connectivity index (χ0) is 23.8. The minimum atomic E-state index is -1.40. The van der Waals surface area contributed by atoms with Gasteiger partial charge in [-0.2, -0.15) is 12.6 Å². The Morgan fingerprint density at radius 3 is 2.56 bits per heavy atom. The molecule has 0 bridgehead atoms. The lowest BCUT2D eigenvalue weighted by Crippen LogP contribution is -2.57. The molecule has 1 aliphatic rings. The van der Waals surface area contributed by atoms with Gasteiger partial charge in [-0.25, -0.2) is 9.78 Å². The number of carbonyl (C=O) groups excluding carboxylic acids is 4. The largest absolute Gasteiger partial charge is 0.480 e. The number of hydrogen-bond donors (Lipinski definition) is 7. The predicted octanol–water partition coefficient (Wildman–Crippen LogP) is -2.87. The van der Waals surface area contributed by atoms with Crippen molar-refractivity contribution in [1.29, 1.82) is 0 Å². The average Bonchev–Trinajstić information content (AvgIpc) is 3.42. The summed E-state index contributed by atoms with van der Waals surface area (Å²) in [6.07, 6.45) is 3.56. The Morgan fingerprint density at radius 2 is 2.00 bits per heavy atom. The summed E-state index contributed by atoms with van der Waals surface area (Å²) in [7, 11) is 0. The first kappa shape index (κ1) is 25.1. The fourth-order valence-electron chi connectivity index (χ4n) is 3.37. The number of imidazole rings is 1. The summed E-state index contributed by atoms with van der Waals surface area (Å²) in [5.41, 5.74) is 11.8. The third-order valence-electron chi connectivity index (χ3n) is 4.99. The number of primary amides is 1. The molecule has 4 unspecified atom stereocenters. The van der Waals surface area contributed by atoms with Crippen molar-refractivity contribution in [2.24, 2.45) is 11.5 Å². The Hall–Kier alpha value is -3.13. The van der Waals surface area contributed by atoms with Gasteiger partial charge >= 0.3 is 5.97 Å². The Morgan fingerprint density at radius 1 is 1.28 bits per heavy atom. The summed E-state index contributed by atoms with van der Waals surface area (Å²) < 4.78 is 0. The van der Waals surface area contributed by atoms with Crippen LogP contribution in [0, 0.1) is 0 Å². The number of thiol groups is 1. The van der Waals surface area contributed by atoms with Crippen LogP contribution in [0.2, 0.25) is 0 Å². The molecule has 4 amide bonds. The SMILES string of the molecule is NC(=O)CC(NC(=O)C1CCCN1C(=O)C(N)Cc1cnc[nH]1)C(=O)NC(CS)C(=O)O. The number of aromatic amines is 1. The van der Waals surface area contributed by atoms with Gasteiger partial charge in [0.05, 0.1) is 18.8 Å². The highest BCUT2D eigenvalue weighted by Crippen LogP contribution is 2.19. The third-order valence-corrected chi connectivity index (χ3v) is 5.35. The zero-order valence-electron chi connectivity index (χ0n) is 17.2. The molecule has 13 nitrogen and oxygen atoms in total. The molecule has 4 atom stereocenters. The smallest absolute Gasteiger partial charge is 0.327 e. The van der Waals surface area contributed by atoms with Gasteiger partial charge in [-0.3, -0.25) is 19.2 Å². The van der Waals surface area contributed by atoms with E-state index in [9.17, 15) is 24.0 Å². The number of amides is 4. The number of likely N-dealkylation sites (tertiary alicyclic amines) is 1. The summed E-state index contributed by atoms with van der Waals surface area (Å²) in [6.45, 7) is 0.307. The fourth-order valence-corrected chi connectivity index (χ4v) is 3.62. The van der Waals surface area contributed by atoms with Crippen LogP contribution in [0.4, 0.5) is 0 Å². The number of aromatic nitrogens is 2. The van der Waals surface area contributed by atoms with E-state index in [0.717, 1.165) is 0 Å². The van der Waals surface area contributed by atoms with Gasteiger partial charge in [-0.1, -0.05) is 0 Å². The molecule has 1 saturated heterocycles. The number of nitrogens with zero attached hydrogens (tertiary/aromatic N) is 2. The molecule has 32 heavy (non-hydrogen) atoms. The summed E-state index contributed by atoms with van der Waals surface area (Å²) in [5.74, 6) is -4.39. The molecule has 1 aliphatic heterocycles. The van der Waals surface area contributed by atoms with E-state index in [0.29, 0.717) is 25.1 Å². The highest BCUT2D eigenvalue weighted by molar-refractivity contribution is 7.80. The molecule has 0 aliphatic carbocycles. The van der Waals surface area contributed by atoms with E-state index in [1.807, 2.05) is 0 Å². The molecule has 0 radical (unpaired) electrons. The van der Waals surface area contributed by atoms with Crippen LogP contribution < -0.4 is 22.1 Å². The molecule has 14 heteroatoms. The second kappa shape index (κ2) is 11.5. The monoisotopic (exact) mass is 469 g/mol. The normalized spacial score (nSPS) is 18.4. The fraction of sp³-hybridized carbons (Fsp3) is 0.556. The van der Waals surface area contributed by atoms with E-state index in [4.69, 9.17) is 16.6 Å². The summed E-state index contributed by atoms with van der Waals surface area (Å²) in [5, 5.41) is 13.7. The molecule has 1 aromatic rings. The van der Waals surface area contributed by atoms with Crippen LogP contribution >= 0.6 is 12.6 Å². The van der Waals surface area contributed by atoms with Crippen LogP contribution in [0.3, 0.4) is 0 Å². The Labute approximate surface area is 189 Å². The van der Waals surface area contributed by atoms with Crippen LogP contribution in [0.15, 0.2) is 12.5 Å². The second-order valence-corrected chi connectivity index (χ2v) is 7.76. The molecule has 0 aromatic carbocycles. The zero-order valence-corrected chi connectivity index (χ0v) is 18.1. The van der Waals surface area contributed by atoms with Crippen molar-refractivity contribution in [3.8, 4) is 0 Å². The molecule has 2 rings (SSSR count). The van der Waals surface area contributed by atoms with Gasteiger partial charge in [0.15, 0.2) is 0 Å². The predicted molar refractivity (Wildman–Crippen MR) is 114 cm³/mol. The Balaban J connectivity index is 2.06. The first-order valence-electron chi connectivity index (χ1n) is 9.90. The lowest BCUT2D eigenvalue weighted by atomic mass is 10.1. The topological polar surface area (TPSA) is 214 Å². The van der Waals surface area contributed by atoms with E-state index in [-0.39, 0.29) is 12.2 Å². The minimum Gasteiger partial charge on any atom is -0.480 e. The lowest BCUT2D eigenvalue weighted by Gasteiger charge is -2.28. The number of carboxylic acids is 1. The molecule has 2 heterocycles. The number of aliphatic carboxylic acids is 1. The molecular formula is C18H27N7O6S. The lowest BCUT2D eigenvalue weighted by molar-refractivity contribution is -0.142. The van der Waals surface area contributed by atoms with Gasteiger partial charge < -0.3 is 37.1 Å². The van der Waals surface area contributed by atoms with Gasteiger partial charge in [-0.05, 0) is 12.8 Å². The minimum absolute atomic E-state index is 0.197. The van der Waals surface area contributed by atoms with Crippen molar-refractivity contribution in [3.05, 3.63) is 18.2 Å². The summed E-state index contributed by atoms with van der Waals surface area (Å²) in [4.78, 5) is 68.7. The summed E-state index contributed by atoms with van der Waals surface area (Å²) >= 11 is 3.86. The Kier molecular flexibility index (Phi) is 9.02. The van der Waals surface area contributed by atoms with Crippen molar-refractivity contribution in [2.45, 2.75) is 49.9 Å². The first-order chi connectivity index (χ1) is 15.1. The van der Waals surface area contributed by atoms with E-state index >= 15 is 0 Å². The van der Waals surface area contributed by atoms with Crippen LogP contribution in [-0.2, 0) is 30.4 Å². The molecule has 8 N–H and O–H groups in total. The Bertz CT molecular complexity index is 849. The van der Waals surface area contributed by atoms with Gasteiger partial charge in [0.25, 0.3) is 0 Å². The van der Waals surface area contributed by atoms with Crippen molar-refractivity contribution >= 4 is 42.2 Å². The first-order valence-corrected chi connectivity index (χ1v) is 10.5. The highest BCUT2D eigenvalue weighted by Gasteiger charge is 2.38. The molecule has 176 valence electrons. The second-order valence-electron chi connectivity index (χ2n) is 7.39. The molecule has 1 fully saturated rings. The standard InChI is InChI=1S/C18H27N7O6S/c19-10(4-9-6-21-8-22-9)17(29)25-3-1-2-13(25)16(28)23-11(5-14(20)26)15(27)24-12(7-32)18(30)31/h6,8,10-13,32H,1-5,7,19H2,(H2,20,26)(H,21,22)(H,23,28)(H,24,27)(H,30,31). The molecular weight excluding hydrogens is 442 g/mol. The number of hydrogen-bond acceptors (Lipinski definition) is 8. The van der Waals surface area contributed by atoms with Crippen molar-refractivity contribution in [1.82, 2.24) is 25.5 Å². The number of nitrogens with two attached hydrogens (primary N) is 2. The van der Waals surface area contributed by atoms with Gasteiger partial charge in [0.1, 0.15) is 18.1 Å². The third kappa shape index (κ3) is 6.68. The van der Waals surface area contributed by atoms with E-state index in [2.05, 4.69) is 33.2 Å². The number of carbonyl (C=O) groups is 5. The van der Waals surface area contributed by atoms with E-state index in [1.54, 1.807) is 6.20 Å². The average molecular weight is 470 g/mol. The van der Waals surface area contributed by atoms with Crippen molar-refractivity contribution in [2.75, 3.05) is 12.3 Å². The van der Waals surface area contributed by atoms with Crippen LogP contribution in [0.1, 0.15) is 25.0 Å². The van der Waals surface area contributed by atoms with E-state index < -0.39 is 60.2 Å². The van der Waals surface area contributed by atoms with Crippen LogP contribution in [0.25, 0.3) is 0 Å². The van der Waals surface area contributed by atoms with Crippen molar-refractivity contribution in [3.63, 3.8) is 0 Å². The molecule has 0 spiro atoms. The number of nitrogens with one attached hydrogen (secondary N) is 3. The highest BCUT2D eigenvalue weighted by atomic mass is 32.1. The number of rotatable bonds is 11. The quantitative estimate of drug-likeness (QED) is 0.167. The number of H-pyrrole nitrogens is 1. The van der Waals surface area contributed by atoms with Crippen LogP contribution in [0.5, 0.6) is 0 Å².